The van der Waals surface area contributed by atoms with Crippen LogP contribution in [0.3, 0.4) is 0 Å². The predicted molar refractivity (Wildman–Crippen MR) is 147 cm³/mol. The third-order valence-electron chi connectivity index (χ3n) is 5.96. The highest BCUT2D eigenvalue weighted by atomic mass is 35.5. The van der Waals surface area contributed by atoms with Gasteiger partial charge in [0, 0.05) is 29.1 Å². The average molecular weight is 636 g/mol. The maximum atomic E-state index is 13.5. The largest absolute Gasteiger partial charge is 0.544 e. The van der Waals surface area contributed by atoms with Crippen LogP contribution in [0.15, 0.2) is 46.3 Å². The molecule has 8 nitrogen and oxygen atoms in total. The van der Waals surface area contributed by atoms with Crippen LogP contribution in [0.4, 0.5) is 18.9 Å². The average Bonchev–Trinajstić information content (AvgIpc) is 3.40. The molecule has 1 aliphatic rings. The summed E-state index contributed by atoms with van der Waals surface area (Å²) in [6.07, 6.45) is -3.99. The Morgan fingerprint density at radius 1 is 1.20 bits per heavy atom. The first-order chi connectivity index (χ1) is 18.8. The fourth-order valence-electron chi connectivity index (χ4n) is 4.26. The number of aliphatic carboxylic acids is 1. The molecule has 4 rings (SSSR count). The van der Waals surface area contributed by atoms with E-state index in [1.807, 2.05) is 17.9 Å². The zero-order valence-corrected chi connectivity index (χ0v) is 24.6. The number of nitrogens with one attached hydrogen (secondary N) is 1. The number of carbonyl (C=O) groups is 1. The molecular weight excluding hydrogens is 611 g/mol. The maximum Gasteiger partial charge on any atom is 0.416 e. The van der Waals surface area contributed by atoms with Gasteiger partial charge in [0.25, 0.3) is 15.1 Å². The molecule has 40 heavy (non-hydrogen) atoms. The SMILES string of the molecule is CCNOS(=O)(=O)CCCN1C(=C(CC)c2sc3ccc(C(F)(F)F)cc3[n+]2CC(=O)[O-])Sc2ccc(Cl)cc21. The first kappa shape index (κ1) is 30.6. The number of halogens is 4. The molecule has 0 spiro atoms. The van der Waals surface area contributed by atoms with Crippen molar-refractivity contribution in [1.29, 1.82) is 0 Å². The van der Waals surface area contributed by atoms with E-state index in [0.717, 1.165) is 22.7 Å². The first-order valence-corrected chi connectivity index (χ1v) is 15.8. The molecule has 0 saturated carbocycles. The first-order valence-electron chi connectivity index (χ1n) is 12.2. The molecule has 0 bridgehead atoms. The van der Waals surface area contributed by atoms with Gasteiger partial charge < -0.3 is 14.8 Å². The molecule has 0 unspecified atom stereocenters. The van der Waals surface area contributed by atoms with Crippen molar-refractivity contribution in [1.82, 2.24) is 5.48 Å². The lowest BCUT2D eigenvalue weighted by molar-refractivity contribution is -0.663. The highest BCUT2D eigenvalue weighted by Crippen LogP contribution is 2.50. The van der Waals surface area contributed by atoms with E-state index in [9.17, 15) is 31.5 Å². The van der Waals surface area contributed by atoms with Crippen molar-refractivity contribution < 1.29 is 40.3 Å². The number of carboxylic acids is 1. The van der Waals surface area contributed by atoms with E-state index in [-0.39, 0.29) is 24.2 Å². The van der Waals surface area contributed by atoms with Gasteiger partial charge in [-0.3, -0.25) is 0 Å². The molecule has 0 radical (unpaired) electrons. The van der Waals surface area contributed by atoms with Gasteiger partial charge in [-0.1, -0.05) is 48.5 Å². The number of hydrogen-bond donors (Lipinski definition) is 1. The minimum Gasteiger partial charge on any atom is -0.544 e. The van der Waals surface area contributed by atoms with E-state index in [0.29, 0.717) is 38.3 Å². The number of anilines is 1. The van der Waals surface area contributed by atoms with E-state index in [1.54, 1.807) is 19.1 Å². The Balaban J connectivity index is 1.82. The van der Waals surface area contributed by atoms with Crippen LogP contribution in [0.2, 0.25) is 5.02 Å². The number of fused-ring (bicyclic) bond motifs is 2. The van der Waals surface area contributed by atoms with Gasteiger partial charge in [-0.05, 0) is 43.2 Å². The molecule has 0 aliphatic carbocycles. The summed E-state index contributed by atoms with van der Waals surface area (Å²) in [4.78, 5) is 14.5. The summed E-state index contributed by atoms with van der Waals surface area (Å²) in [5.41, 5.74) is 3.02. The van der Waals surface area contributed by atoms with Crippen LogP contribution in [0.5, 0.6) is 0 Å². The summed E-state index contributed by atoms with van der Waals surface area (Å²) in [7, 11) is -3.82. The molecule has 0 fully saturated rings. The molecule has 2 aromatic carbocycles. The molecule has 216 valence electrons. The highest BCUT2D eigenvalue weighted by molar-refractivity contribution is 8.04. The van der Waals surface area contributed by atoms with E-state index >= 15 is 0 Å². The summed E-state index contributed by atoms with van der Waals surface area (Å²) >= 11 is 8.86. The van der Waals surface area contributed by atoms with Crippen LogP contribution >= 0.6 is 34.7 Å². The number of hydroxylamine groups is 1. The quantitative estimate of drug-likeness (QED) is 0.242. The molecule has 0 saturated heterocycles. The van der Waals surface area contributed by atoms with Gasteiger partial charge in [0.2, 0.25) is 5.52 Å². The number of thioether (sulfide) groups is 1. The van der Waals surface area contributed by atoms with Crippen LogP contribution in [-0.4, -0.2) is 33.2 Å². The van der Waals surface area contributed by atoms with Crippen LogP contribution < -0.4 is 20.1 Å². The molecule has 3 aromatic rings. The van der Waals surface area contributed by atoms with Crippen molar-refractivity contribution in [2.75, 3.05) is 23.7 Å². The Morgan fingerprint density at radius 3 is 2.60 bits per heavy atom. The number of rotatable bonds is 11. The van der Waals surface area contributed by atoms with Gasteiger partial charge in [-0.15, -0.1) is 0 Å². The van der Waals surface area contributed by atoms with Crippen molar-refractivity contribution in [3.05, 3.63) is 57.0 Å². The fourth-order valence-corrected chi connectivity index (χ4v) is 7.89. The topological polar surface area (TPSA) is 103 Å². The molecule has 0 amide bonds. The van der Waals surface area contributed by atoms with E-state index in [2.05, 4.69) is 5.48 Å². The third-order valence-corrected chi connectivity index (χ3v) is 9.80. The smallest absolute Gasteiger partial charge is 0.416 e. The molecule has 1 aliphatic heterocycles. The standard InChI is InChI=1S/C25H25ClF3N3O5S3/c1-3-17(24-32(14-22(33)34)18-12-15(25(27,28)29)6-8-20(18)39-24)23-31(10-5-11-40(35,36)37-30-4-2)19-13-16(26)7-9-21(19)38-23/h6-9,12-13,30H,3-5,10-11,14H2,1-2H3. The number of thiazole rings is 1. The molecule has 1 N–H and O–H groups in total. The van der Waals surface area contributed by atoms with Gasteiger partial charge in [0.1, 0.15) is 10.7 Å². The van der Waals surface area contributed by atoms with Gasteiger partial charge in [-0.25, -0.2) is 0 Å². The zero-order valence-electron chi connectivity index (χ0n) is 21.4. The minimum absolute atomic E-state index is 0.132. The normalized spacial score (nSPS) is 15.1. The summed E-state index contributed by atoms with van der Waals surface area (Å²) in [5.74, 6) is -1.71. The monoisotopic (exact) mass is 635 g/mol. The van der Waals surface area contributed by atoms with Crippen LogP contribution in [-0.2, 0) is 31.9 Å². The van der Waals surface area contributed by atoms with Crippen molar-refractivity contribution in [2.45, 2.75) is 44.3 Å². The van der Waals surface area contributed by atoms with Crippen LogP contribution in [0.25, 0.3) is 15.8 Å². The molecule has 2 heterocycles. The zero-order chi connectivity index (χ0) is 29.2. The lowest BCUT2D eigenvalue weighted by atomic mass is 10.2. The Kier molecular flexibility index (Phi) is 9.37. The van der Waals surface area contributed by atoms with Crippen molar-refractivity contribution in [3.8, 4) is 0 Å². The Bertz CT molecular complexity index is 1570. The van der Waals surface area contributed by atoms with Gasteiger partial charge in [0.05, 0.1) is 27.6 Å². The number of aromatic nitrogens is 1. The second-order valence-electron chi connectivity index (χ2n) is 8.75. The molecule has 15 heteroatoms. The number of nitrogens with zero attached hydrogens (tertiary/aromatic N) is 2. The molecule has 0 atom stereocenters. The minimum atomic E-state index is -4.60. The van der Waals surface area contributed by atoms with Crippen LogP contribution in [0, 0.1) is 0 Å². The summed E-state index contributed by atoms with van der Waals surface area (Å²) in [5, 5.41) is 13.3. The number of hydrogen-bond acceptors (Lipinski definition) is 9. The highest BCUT2D eigenvalue weighted by Gasteiger charge is 2.36. The second-order valence-corrected chi connectivity index (χ2v) is 12.9. The Labute approximate surface area is 242 Å². The Morgan fingerprint density at radius 2 is 1.95 bits per heavy atom. The molecule has 1 aromatic heterocycles. The fraction of sp³-hybridized carbons (Fsp3) is 0.360. The maximum absolute atomic E-state index is 13.5. The van der Waals surface area contributed by atoms with Crippen molar-refractivity contribution >= 4 is 72.3 Å². The molecular formula is C25H25ClF3N3O5S3. The summed E-state index contributed by atoms with van der Waals surface area (Å²) in [6.45, 7) is 3.49. The van der Waals surface area contributed by atoms with E-state index in [4.69, 9.17) is 15.9 Å². The number of benzene rings is 2. The van der Waals surface area contributed by atoms with Gasteiger partial charge in [-0.2, -0.15) is 35.9 Å². The van der Waals surface area contributed by atoms with E-state index < -0.39 is 34.4 Å². The summed E-state index contributed by atoms with van der Waals surface area (Å²) < 4.78 is 71.4. The van der Waals surface area contributed by atoms with E-state index in [1.165, 1.54) is 33.7 Å². The van der Waals surface area contributed by atoms with Crippen LogP contribution in [0.1, 0.15) is 37.3 Å². The lowest BCUT2D eigenvalue weighted by Crippen LogP contribution is -2.45. The third kappa shape index (κ3) is 6.74. The number of carbonyl (C=O) groups excluding carboxylic acids is 1. The van der Waals surface area contributed by atoms with Gasteiger partial charge >= 0.3 is 6.18 Å². The number of allylic oxidation sites excluding steroid dienone is 1. The number of carboxylic acid groups (broad SMARTS) is 1. The van der Waals surface area contributed by atoms with Crippen molar-refractivity contribution in [3.63, 3.8) is 0 Å². The number of alkyl halides is 3. The van der Waals surface area contributed by atoms with Crippen molar-refractivity contribution in [2.24, 2.45) is 0 Å². The Hall–Kier alpha value is -2.36. The second kappa shape index (κ2) is 12.2. The predicted octanol–water partition coefficient (Wildman–Crippen LogP) is 4.56. The lowest BCUT2D eigenvalue weighted by Gasteiger charge is -2.22. The van der Waals surface area contributed by atoms with Gasteiger partial charge in [0.15, 0.2) is 6.54 Å². The summed E-state index contributed by atoms with van der Waals surface area (Å²) in [6, 6.07) is 8.55.